The fourth-order valence-corrected chi connectivity index (χ4v) is 1.90. The Kier molecular flexibility index (Phi) is 1.63. The van der Waals surface area contributed by atoms with Crippen LogP contribution in [0.4, 0.5) is 0 Å². The highest BCUT2D eigenvalue weighted by molar-refractivity contribution is 7.87. The van der Waals surface area contributed by atoms with Gasteiger partial charge >= 0.3 is 0 Å². The second kappa shape index (κ2) is 2.51. The number of imide groups is 1. The molecule has 0 bridgehead atoms. The molecule has 0 aromatic heterocycles. The molecule has 76 valence electrons. The smallest absolute Gasteiger partial charge is 0.277 e. The van der Waals surface area contributed by atoms with Crippen LogP contribution in [-0.4, -0.2) is 40.9 Å². The van der Waals surface area contributed by atoms with E-state index in [1.54, 1.807) is 0 Å². The van der Waals surface area contributed by atoms with Crippen LogP contribution in [0.15, 0.2) is 5.10 Å². The van der Waals surface area contributed by atoms with Crippen molar-refractivity contribution in [1.82, 2.24) is 10.3 Å². The van der Waals surface area contributed by atoms with Gasteiger partial charge in [0.15, 0.2) is 5.25 Å². The summed E-state index contributed by atoms with van der Waals surface area (Å²) >= 11 is 0. The molecule has 2 rings (SSSR count). The molecule has 2 heterocycles. The predicted molar refractivity (Wildman–Crippen MR) is 42.4 cm³/mol. The largest absolute Gasteiger partial charge is 0.285 e. The van der Waals surface area contributed by atoms with Crippen molar-refractivity contribution in [3.63, 3.8) is 0 Å². The first kappa shape index (κ1) is 9.09. The number of amides is 2. The van der Waals surface area contributed by atoms with Crippen molar-refractivity contribution in [2.24, 2.45) is 5.10 Å². The van der Waals surface area contributed by atoms with Gasteiger partial charge in [-0.05, 0) is 0 Å². The fraction of sp³-hybridized carbons (Fsp3) is 0.400. The van der Waals surface area contributed by atoms with Crippen molar-refractivity contribution >= 4 is 27.9 Å². The maximum atomic E-state index is 11.3. The number of hydrogen-bond acceptors (Lipinski definition) is 6. The third kappa shape index (κ3) is 1.26. The zero-order chi connectivity index (χ0) is 10.5. The minimum Gasteiger partial charge on any atom is -0.285 e. The minimum absolute atomic E-state index is 0.0196. The van der Waals surface area contributed by atoms with Crippen LogP contribution < -0.4 is 5.43 Å². The Morgan fingerprint density at radius 3 is 2.43 bits per heavy atom. The lowest BCUT2D eigenvalue weighted by Gasteiger charge is -2.05. The molecule has 1 saturated heterocycles. The number of guanidine groups is 1. The number of hydrazone groups is 1. The third-order valence-corrected chi connectivity index (χ3v) is 2.98. The van der Waals surface area contributed by atoms with Crippen LogP contribution in [0, 0.1) is 0 Å². The second-order valence-corrected chi connectivity index (χ2v) is 4.42. The van der Waals surface area contributed by atoms with E-state index in [1.807, 2.05) is 0 Å². The molecule has 9 heteroatoms. The summed E-state index contributed by atoms with van der Waals surface area (Å²) in [7, 11) is -4.52. The van der Waals surface area contributed by atoms with E-state index in [-0.39, 0.29) is 5.96 Å². The van der Waals surface area contributed by atoms with Crippen LogP contribution in [0.1, 0.15) is 6.42 Å². The molecular formula is C5H5N3O5S. The fourth-order valence-electron chi connectivity index (χ4n) is 1.18. The van der Waals surface area contributed by atoms with Gasteiger partial charge in [0.05, 0.1) is 6.42 Å². The predicted octanol–water partition coefficient (Wildman–Crippen LogP) is -2.12. The van der Waals surface area contributed by atoms with Gasteiger partial charge in [-0.1, -0.05) is 0 Å². The van der Waals surface area contributed by atoms with Gasteiger partial charge in [0.1, 0.15) is 0 Å². The van der Waals surface area contributed by atoms with Crippen LogP contribution >= 0.6 is 0 Å². The number of nitrogens with zero attached hydrogens (tertiary/aromatic N) is 2. The van der Waals surface area contributed by atoms with E-state index in [2.05, 4.69) is 10.5 Å². The molecule has 0 spiro atoms. The molecule has 14 heavy (non-hydrogen) atoms. The highest BCUT2D eigenvalue weighted by Crippen LogP contribution is 2.20. The first-order chi connectivity index (χ1) is 6.41. The van der Waals surface area contributed by atoms with E-state index in [1.165, 1.54) is 0 Å². The molecule has 0 aromatic rings. The SMILES string of the molecule is O=C1CC(S(=O)(=O)O)C(=O)N1C1=NN1. The van der Waals surface area contributed by atoms with E-state index < -0.39 is 33.6 Å². The maximum absolute atomic E-state index is 11.3. The Labute approximate surface area is 78.3 Å². The maximum Gasteiger partial charge on any atom is 0.277 e. The zero-order valence-electron chi connectivity index (χ0n) is 6.67. The molecule has 2 amide bonds. The summed E-state index contributed by atoms with van der Waals surface area (Å²) in [5.41, 5.74) is 2.26. The molecule has 8 nitrogen and oxygen atoms in total. The summed E-state index contributed by atoms with van der Waals surface area (Å²) in [5.74, 6) is -1.64. The topological polar surface area (TPSA) is 126 Å². The van der Waals surface area contributed by atoms with Crippen molar-refractivity contribution in [2.45, 2.75) is 11.7 Å². The van der Waals surface area contributed by atoms with Gasteiger partial charge in [-0.25, -0.2) is 10.3 Å². The summed E-state index contributed by atoms with van der Waals surface area (Å²) < 4.78 is 30.0. The standard InChI is InChI=1S/C5H5N3O5S/c9-3-1-2(14(11,12)13)4(10)8(3)5-6-7-5/h2H,1H2,(H,6,7)(H,11,12,13). The second-order valence-electron chi connectivity index (χ2n) is 2.82. The first-order valence-electron chi connectivity index (χ1n) is 3.58. The molecule has 0 aliphatic carbocycles. The number of nitrogens with one attached hydrogen (secondary N) is 1. The molecule has 2 aliphatic heterocycles. The quantitative estimate of drug-likeness (QED) is 0.383. The van der Waals surface area contributed by atoms with E-state index in [0.717, 1.165) is 0 Å². The average molecular weight is 219 g/mol. The molecule has 0 radical (unpaired) electrons. The third-order valence-electron chi connectivity index (χ3n) is 1.89. The summed E-state index contributed by atoms with van der Waals surface area (Å²) in [6.45, 7) is 0. The molecule has 2 aliphatic rings. The highest BCUT2D eigenvalue weighted by Gasteiger charge is 2.49. The minimum atomic E-state index is -4.52. The lowest BCUT2D eigenvalue weighted by molar-refractivity contribution is -0.133. The monoisotopic (exact) mass is 219 g/mol. The van der Waals surface area contributed by atoms with Crippen LogP contribution in [0.2, 0.25) is 0 Å². The number of hydrogen-bond donors (Lipinski definition) is 2. The Balaban J connectivity index is 2.32. The Hall–Kier alpha value is -1.48. The number of likely N-dealkylation sites (tertiary alicyclic amines) is 1. The van der Waals surface area contributed by atoms with Gasteiger partial charge in [0.25, 0.3) is 22.0 Å². The lowest BCUT2D eigenvalue weighted by Crippen LogP contribution is -2.37. The van der Waals surface area contributed by atoms with Gasteiger partial charge in [-0.2, -0.15) is 8.42 Å². The number of carbonyl (C=O) groups is 2. The van der Waals surface area contributed by atoms with Gasteiger partial charge in [-0.15, -0.1) is 5.10 Å². The molecule has 2 N–H and O–H groups in total. The van der Waals surface area contributed by atoms with Gasteiger partial charge in [-0.3, -0.25) is 14.1 Å². The van der Waals surface area contributed by atoms with Crippen LogP contribution in [0.25, 0.3) is 0 Å². The molecule has 0 saturated carbocycles. The Morgan fingerprint density at radius 1 is 1.50 bits per heavy atom. The van der Waals surface area contributed by atoms with Crippen molar-refractivity contribution in [1.29, 1.82) is 0 Å². The van der Waals surface area contributed by atoms with E-state index >= 15 is 0 Å². The van der Waals surface area contributed by atoms with E-state index in [4.69, 9.17) is 4.55 Å². The van der Waals surface area contributed by atoms with Gasteiger partial charge in [0.2, 0.25) is 5.91 Å². The van der Waals surface area contributed by atoms with E-state index in [0.29, 0.717) is 4.90 Å². The van der Waals surface area contributed by atoms with Crippen molar-refractivity contribution in [3.05, 3.63) is 0 Å². The summed E-state index contributed by atoms with van der Waals surface area (Å²) in [6.07, 6.45) is -0.543. The van der Waals surface area contributed by atoms with Crippen LogP contribution in [0.5, 0.6) is 0 Å². The Morgan fingerprint density at radius 2 is 2.07 bits per heavy atom. The zero-order valence-corrected chi connectivity index (χ0v) is 7.48. The number of rotatable bonds is 1. The highest BCUT2D eigenvalue weighted by atomic mass is 32.2. The summed E-state index contributed by atoms with van der Waals surface area (Å²) in [6, 6.07) is 0. The molecule has 0 aromatic carbocycles. The van der Waals surface area contributed by atoms with Crippen molar-refractivity contribution < 1.29 is 22.6 Å². The van der Waals surface area contributed by atoms with Crippen LogP contribution in [-0.2, 0) is 19.7 Å². The molecule has 1 atom stereocenters. The van der Waals surface area contributed by atoms with Gasteiger partial charge in [0, 0.05) is 0 Å². The molecule has 1 fully saturated rings. The summed E-state index contributed by atoms with van der Waals surface area (Å²) in [4.78, 5) is 23.0. The molecular weight excluding hydrogens is 214 g/mol. The van der Waals surface area contributed by atoms with Crippen LogP contribution in [0.3, 0.4) is 0 Å². The van der Waals surface area contributed by atoms with Crippen molar-refractivity contribution in [3.8, 4) is 0 Å². The van der Waals surface area contributed by atoms with E-state index in [9.17, 15) is 18.0 Å². The average Bonchev–Trinajstić information content (AvgIpc) is 2.78. The van der Waals surface area contributed by atoms with Crippen molar-refractivity contribution in [2.75, 3.05) is 0 Å². The molecule has 1 unspecified atom stereocenters. The first-order valence-corrected chi connectivity index (χ1v) is 5.08. The van der Waals surface area contributed by atoms with Gasteiger partial charge < -0.3 is 0 Å². The normalized spacial score (nSPS) is 26.2. The number of carbonyl (C=O) groups excluding carboxylic acids is 2. The lowest BCUT2D eigenvalue weighted by atomic mass is 10.4. The Bertz CT molecular complexity index is 452. The summed E-state index contributed by atoms with van der Waals surface area (Å²) in [5, 5.41) is 1.68.